The Balaban J connectivity index is 1.01. The number of fused-ring (bicyclic) bond motifs is 6. The van der Waals surface area contributed by atoms with Crippen LogP contribution in [-0.4, -0.2) is 19.1 Å². The van der Waals surface area contributed by atoms with Gasteiger partial charge in [0, 0.05) is 55.2 Å². The Morgan fingerprint density at radius 1 is 0.274 bits per heavy atom. The molecule has 0 fully saturated rings. The van der Waals surface area contributed by atoms with Gasteiger partial charge in [-0.25, -0.2) is 9.97 Å². The molecule has 0 atom stereocenters. The molecule has 0 saturated heterocycles. The van der Waals surface area contributed by atoms with Gasteiger partial charge in [0.1, 0.15) is 0 Å². The maximum atomic E-state index is 5.21. The van der Waals surface area contributed by atoms with E-state index in [-0.39, 0.29) is 0 Å². The highest BCUT2D eigenvalue weighted by molar-refractivity contribution is 6.14. The molecule has 0 aliphatic carbocycles. The number of nitrogens with zero attached hydrogens (tertiary/aromatic N) is 4. The molecule has 12 aromatic rings. The molecule has 0 spiro atoms. The molecule has 4 nitrogen and oxygen atoms in total. The minimum Gasteiger partial charge on any atom is -0.309 e. The lowest BCUT2D eigenvalue weighted by Gasteiger charge is -2.14. The maximum Gasteiger partial charge on any atom is 0.160 e. The van der Waals surface area contributed by atoms with Crippen molar-refractivity contribution in [3.05, 3.63) is 231 Å². The van der Waals surface area contributed by atoms with E-state index in [1.807, 2.05) is 24.3 Å². The average molecular weight is 791 g/mol. The van der Waals surface area contributed by atoms with E-state index in [0.717, 1.165) is 61.6 Å². The molecule has 62 heavy (non-hydrogen) atoms. The summed E-state index contributed by atoms with van der Waals surface area (Å²) in [6, 6.07) is 82.2. The maximum absolute atomic E-state index is 5.21. The number of para-hydroxylation sites is 4. The molecular formula is C58H38N4. The molecule has 0 saturated carbocycles. The zero-order chi connectivity index (χ0) is 41.0. The zero-order valence-corrected chi connectivity index (χ0v) is 33.7. The molecule has 0 radical (unpaired) electrons. The van der Waals surface area contributed by atoms with Crippen molar-refractivity contribution in [2.45, 2.75) is 0 Å². The van der Waals surface area contributed by atoms with Crippen LogP contribution < -0.4 is 0 Å². The summed E-state index contributed by atoms with van der Waals surface area (Å²) in [7, 11) is 0. The molecule has 0 N–H and O–H groups in total. The van der Waals surface area contributed by atoms with Crippen molar-refractivity contribution in [1.82, 2.24) is 19.1 Å². The van der Waals surface area contributed by atoms with Crippen LogP contribution in [0.4, 0.5) is 0 Å². The van der Waals surface area contributed by atoms with Gasteiger partial charge in [0.05, 0.1) is 33.5 Å². The molecule has 9 aromatic carbocycles. The third-order valence-electron chi connectivity index (χ3n) is 12.1. The van der Waals surface area contributed by atoms with E-state index in [1.54, 1.807) is 0 Å². The molecule has 0 bridgehead atoms. The van der Waals surface area contributed by atoms with E-state index in [1.165, 1.54) is 43.7 Å². The summed E-state index contributed by atoms with van der Waals surface area (Å²) in [6.45, 7) is 0. The first-order valence-corrected chi connectivity index (χ1v) is 21.1. The second-order valence-electron chi connectivity index (χ2n) is 15.8. The van der Waals surface area contributed by atoms with Gasteiger partial charge in [-0.05, 0) is 71.3 Å². The third kappa shape index (κ3) is 5.92. The normalized spacial score (nSPS) is 11.5. The van der Waals surface area contributed by atoms with Crippen LogP contribution in [0.2, 0.25) is 0 Å². The summed E-state index contributed by atoms with van der Waals surface area (Å²) in [4.78, 5) is 10.3. The van der Waals surface area contributed by atoms with Gasteiger partial charge in [-0.15, -0.1) is 0 Å². The average Bonchev–Trinajstić information content (AvgIpc) is 3.87. The van der Waals surface area contributed by atoms with Gasteiger partial charge in [0.15, 0.2) is 5.82 Å². The van der Waals surface area contributed by atoms with Crippen LogP contribution in [0, 0.1) is 0 Å². The number of hydrogen-bond donors (Lipinski definition) is 0. The monoisotopic (exact) mass is 790 g/mol. The summed E-state index contributed by atoms with van der Waals surface area (Å²) in [5.41, 5.74) is 16.5. The van der Waals surface area contributed by atoms with Crippen molar-refractivity contribution in [1.29, 1.82) is 0 Å². The first-order valence-electron chi connectivity index (χ1n) is 21.1. The van der Waals surface area contributed by atoms with Gasteiger partial charge >= 0.3 is 0 Å². The van der Waals surface area contributed by atoms with Crippen LogP contribution >= 0.6 is 0 Å². The SMILES string of the molecule is c1ccc(-c2cc(-c3ccccc3-c3ccc4c(c3)c3ccccc3n4-c3cccc(-c4cccc5c6ccccc6n(-c6ccccc6)c45)c3)nc(-c3ccccc3)n2)cc1. The van der Waals surface area contributed by atoms with Crippen LogP contribution in [-0.2, 0) is 0 Å². The van der Waals surface area contributed by atoms with Crippen molar-refractivity contribution in [2.24, 2.45) is 0 Å². The van der Waals surface area contributed by atoms with Gasteiger partial charge in [-0.1, -0.05) is 176 Å². The fourth-order valence-electron chi connectivity index (χ4n) is 9.34. The molecule has 0 aliphatic heterocycles. The first-order chi connectivity index (χ1) is 30.8. The Morgan fingerprint density at radius 3 is 1.56 bits per heavy atom. The molecule has 4 heteroatoms. The van der Waals surface area contributed by atoms with E-state index in [4.69, 9.17) is 9.97 Å². The van der Waals surface area contributed by atoms with Crippen LogP contribution in [0.25, 0.3) is 111 Å². The Labute approximate surface area is 359 Å². The Bertz CT molecular complexity index is 3560. The number of benzene rings is 9. The summed E-state index contributed by atoms with van der Waals surface area (Å²) in [6.07, 6.45) is 0. The lowest BCUT2D eigenvalue weighted by molar-refractivity contribution is 1.17. The smallest absolute Gasteiger partial charge is 0.160 e. The molecule has 3 aromatic heterocycles. The summed E-state index contributed by atoms with van der Waals surface area (Å²) < 4.78 is 4.83. The standard InChI is InChI=1S/C58H38N4/c1-4-18-39(19-5-1)52-38-53(60-58(59-52)40-20-6-2-7-21-40)47-27-11-10-26-45(47)42-34-35-56-51(37-42)49-29-13-14-32-54(49)61(56)44-25-16-22-41(36-44)46-30-17-31-50-48-28-12-15-33-55(48)62(57(46)50)43-23-8-3-9-24-43/h1-38H. The Hall–Kier alpha value is -8.34. The zero-order valence-electron chi connectivity index (χ0n) is 33.7. The predicted molar refractivity (Wildman–Crippen MR) is 258 cm³/mol. The summed E-state index contributed by atoms with van der Waals surface area (Å²) in [5, 5.41) is 4.89. The van der Waals surface area contributed by atoms with Gasteiger partial charge in [-0.2, -0.15) is 0 Å². The van der Waals surface area contributed by atoms with Crippen LogP contribution in [0.15, 0.2) is 231 Å². The summed E-state index contributed by atoms with van der Waals surface area (Å²) in [5.74, 6) is 0.704. The summed E-state index contributed by atoms with van der Waals surface area (Å²) >= 11 is 0. The number of rotatable bonds is 7. The highest BCUT2D eigenvalue weighted by atomic mass is 15.0. The fourth-order valence-corrected chi connectivity index (χ4v) is 9.34. The second-order valence-corrected chi connectivity index (χ2v) is 15.8. The number of hydrogen-bond acceptors (Lipinski definition) is 2. The van der Waals surface area contributed by atoms with Gasteiger partial charge in [0.25, 0.3) is 0 Å². The molecule has 290 valence electrons. The van der Waals surface area contributed by atoms with Crippen molar-refractivity contribution >= 4 is 43.6 Å². The Kier molecular flexibility index (Phi) is 8.46. The van der Waals surface area contributed by atoms with E-state index >= 15 is 0 Å². The fraction of sp³-hybridized carbons (Fsp3) is 0. The Morgan fingerprint density at radius 2 is 0.790 bits per heavy atom. The molecule has 0 amide bonds. The molecule has 0 aliphatic rings. The molecular weight excluding hydrogens is 753 g/mol. The molecule has 3 heterocycles. The third-order valence-corrected chi connectivity index (χ3v) is 12.1. The van der Waals surface area contributed by atoms with Gasteiger partial charge in [0.2, 0.25) is 0 Å². The van der Waals surface area contributed by atoms with Crippen LogP contribution in [0.3, 0.4) is 0 Å². The minimum absolute atomic E-state index is 0.704. The molecule has 0 unspecified atom stereocenters. The van der Waals surface area contributed by atoms with Crippen molar-refractivity contribution in [3.8, 4) is 67.5 Å². The quantitative estimate of drug-likeness (QED) is 0.161. The largest absolute Gasteiger partial charge is 0.309 e. The van der Waals surface area contributed by atoms with E-state index in [2.05, 4.69) is 215 Å². The van der Waals surface area contributed by atoms with E-state index < -0.39 is 0 Å². The van der Waals surface area contributed by atoms with Gasteiger partial charge in [-0.3, -0.25) is 0 Å². The number of aromatic nitrogens is 4. The topological polar surface area (TPSA) is 35.6 Å². The predicted octanol–water partition coefficient (Wildman–Crippen LogP) is 15.0. The lowest BCUT2D eigenvalue weighted by Crippen LogP contribution is -1.97. The minimum atomic E-state index is 0.704. The highest BCUT2D eigenvalue weighted by Crippen LogP contribution is 2.41. The lowest BCUT2D eigenvalue weighted by atomic mass is 9.95. The van der Waals surface area contributed by atoms with Crippen molar-refractivity contribution in [3.63, 3.8) is 0 Å². The van der Waals surface area contributed by atoms with E-state index in [0.29, 0.717) is 5.82 Å². The second kappa shape index (κ2) is 14.7. The van der Waals surface area contributed by atoms with Crippen molar-refractivity contribution < 1.29 is 0 Å². The first kappa shape index (κ1) is 35.6. The van der Waals surface area contributed by atoms with Gasteiger partial charge < -0.3 is 9.13 Å². The van der Waals surface area contributed by atoms with Crippen molar-refractivity contribution in [2.75, 3.05) is 0 Å². The van der Waals surface area contributed by atoms with E-state index in [9.17, 15) is 0 Å². The van der Waals surface area contributed by atoms with Crippen LogP contribution in [0.5, 0.6) is 0 Å². The molecule has 12 rings (SSSR count). The highest BCUT2D eigenvalue weighted by Gasteiger charge is 2.20. The van der Waals surface area contributed by atoms with Crippen LogP contribution in [0.1, 0.15) is 0 Å².